The molecule has 2 atom stereocenters. The van der Waals surface area contributed by atoms with E-state index in [0.29, 0.717) is 31.6 Å². The fourth-order valence-corrected chi connectivity index (χ4v) is 3.77. The number of hydrogen-bond acceptors (Lipinski definition) is 3. The Morgan fingerprint density at radius 2 is 1.89 bits per heavy atom. The van der Waals surface area contributed by atoms with Crippen molar-refractivity contribution in [1.29, 1.82) is 0 Å². The third-order valence-electron chi connectivity index (χ3n) is 3.06. The Hall–Kier alpha value is -1.20. The Bertz CT molecular complexity index is 426. The Kier molecular flexibility index (Phi) is 4.49. The summed E-state index contributed by atoms with van der Waals surface area (Å²) < 4.78 is 17.6. The fourth-order valence-electron chi connectivity index (χ4n) is 2.10. The number of carboxylic acids is 1. The van der Waals surface area contributed by atoms with Crippen LogP contribution in [0, 0.1) is 0 Å². The number of rotatable bonds is 4. The van der Waals surface area contributed by atoms with Crippen LogP contribution in [0.15, 0.2) is 30.3 Å². The number of hydrogen-bond donors (Lipinski definition) is 1. The van der Waals surface area contributed by atoms with Gasteiger partial charge in [0.15, 0.2) is 5.25 Å². The first-order valence-corrected chi connectivity index (χ1v) is 7.22. The van der Waals surface area contributed by atoms with Crippen molar-refractivity contribution in [2.24, 2.45) is 0 Å². The molecule has 2 rings (SSSR count). The van der Waals surface area contributed by atoms with Gasteiger partial charge in [-0.3, -0.25) is 9.00 Å². The molecule has 1 heterocycles. The first-order chi connectivity index (χ1) is 8.70. The van der Waals surface area contributed by atoms with Gasteiger partial charge in [-0.2, -0.15) is 0 Å². The van der Waals surface area contributed by atoms with Crippen LogP contribution in [-0.4, -0.2) is 33.7 Å². The van der Waals surface area contributed by atoms with E-state index in [1.165, 1.54) is 0 Å². The molecular formula is C13H16O4S. The summed E-state index contributed by atoms with van der Waals surface area (Å²) in [4.78, 5) is 11.4. The number of carboxylic acid groups (broad SMARTS) is 1. The molecule has 0 spiro atoms. The summed E-state index contributed by atoms with van der Waals surface area (Å²) in [7, 11) is -1.40. The fraction of sp³-hybridized carbons (Fsp3) is 0.462. The maximum atomic E-state index is 12.4. The van der Waals surface area contributed by atoms with Gasteiger partial charge in [-0.1, -0.05) is 30.3 Å². The standard InChI is InChI=1S/C13H16O4S/c14-13(15)12(10-4-2-1-3-5-10)18(16)11-6-8-17-9-7-11/h1-5,11-12H,6-9H2,(H,14,15). The molecule has 0 bridgehead atoms. The Morgan fingerprint density at radius 1 is 1.28 bits per heavy atom. The van der Waals surface area contributed by atoms with Crippen LogP contribution in [0.5, 0.6) is 0 Å². The zero-order chi connectivity index (χ0) is 13.0. The number of benzene rings is 1. The van der Waals surface area contributed by atoms with Gasteiger partial charge in [-0.25, -0.2) is 0 Å². The van der Waals surface area contributed by atoms with Gasteiger partial charge >= 0.3 is 5.97 Å². The average Bonchev–Trinajstić information content (AvgIpc) is 2.40. The number of ether oxygens (including phenoxy) is 1. The van der Waals surface area contributed by atoms with Crippen LogP contribution in [0.1, 0.15) is 23.7 Å². The third-order valence-corrected chi connectivity index (χ3v) is 5.12. The van der Waals surface area contributed by atoms with E-state index in [4.69, 9.17) is 4.74 Å². The molecule has 4 nitrogen and oxygen atoms in total. The van der Waals surface area contributed by atoms with Gasteiger partial charge in [0.1, 0.15) is 0 Å². The molecule has 0 saturated carbocycles. The van der Waals surface area contributed by atoms with Gasteiger partial charge in [-0.05, 0) is 18.4 Å². The molecule has 1 aromatic rings. The van der Waals surface area contributed by atoms with Gasteiger partial charge in [0.2, 0.25) is 0 Å². The number of aliphatic carboxylic acids is 1. The largest absolute Gasteiger partial charge is 0.480 e. The molecule has 0 amide bonds. The highest BCUT2D eigenvalue weighted by Gasteiger charge is 2.32. The lowest BCUT2D eigenvalue weighted by Crippen LogP contribution is -2.31. The SMILES string of the molecule is O=C(O)C(c1ccccc1)S(=O)C1CCOCC1. The van der Waals surface area contributed by atoms with Gasteiger partial charge in [0.05, 0.1) is 0 Å². The van der Waals surface area contributed by atoms with Crippen molar-refractivity contribution >= 4 is 16.8 Å². The highest BCUT2D eigenvalue weighted by Crippen LogP contribution is 2.27. The van der Waals surface area contributed by atoms with Gasteiger partial charge in [0, 0.05) is 29.3 Å². The predicted octanol–water partition coefficient (Wildman–Crippen LogP) is 1.74. The first-order valence-electron chi connectivity index (χ1n) is 5.95. The molecule has 1 saturated heterocycles. The second-order valence-electron chi connectivity index (χ2n) is 4.27. The second-order valence-corrected chi connectivity index (χ2v) is 6.06. The number of carbonyl (C=O) groups is 1. The van der Waals surface area contributed by atoms with E-state index < -0.39 is 22.0 Å². The highest BCUT2D eigenvalue weighted by atomic mass is 32.2. The minimum atomic E-state index is -1.40. The lowest BCUT2D eigenvalue weighted by Gasteiger charge is -2.24. The van der Waals surface area contributed by atoms with Crippen LogP contribution in [0.3, 0.4) is 0 Å². The summed E-state index contributed by atoms with van der Waals surface area (Å²) in [5.74, 6) is -1.02. The van der Waals surface area contributed by atoms with Crippen molar-refractivity contribution in [2.45, 2.75) is 23.3 Å². The summed E-state index contributed by atoms with van der Waals surface area (Å²) in [6.45, 7) is 1.13. The van der Waals surface area contributed by atoms with Crippen LogP contribution in [0.4, 0.5) is 0 Å². The Balaban J connectivity index is 2.20. The van der Waals surface area contributed by atoms with Crippen molar-refractivity contribution in [3.63, 3.8) is 0 Å². The molecule has 0 aromatic heterocycles. The second kappa shape index (κ2) is 6.11. The molecule has 18 heavy (non-hydrogen) atoms. The van der Waals surface area contributed by atoms with E-state index in [-0.39, 0.29) is 5.25 Å². The summed E-state index contributed by atoms with van der Waals surface area (Å²) in [6.07, 6.45) is 1.34. The zero-order valence-electron chi connectivity index (χ0n) is 9.95. The van der Waals surface area contributed by atoms with Crippen LogP contribution >= 0.6 is 0 Å². The molecule has 2 unspecified atom stereocenters. The molecule has 0 aliphatic carbocycles. The lowest BCUT2D eigenvalue weighted by atomic mass is 10.1. The Labute approximate surface area is 108 Å². The normalized spacial score (nSPS) is 20.2. The van der Waals surface area contributed by atoms with E-state index >= 15 is 0 Å². The monoisotopic (exact) mass is 268 g/mol. The molecule has 1 aromatic carbocycles. The molecule has 98 valence electrons. The average molecular weight is 268 g/mol. The van der Waals surface area contributed by atoms with E-state index in [1.54, 1.807) is 24.3 Å². The maximum absolute atomic E-state index is 12.4. The summed E-state index contributed by atoms with van der Waals surface area (Å²) in [6, 6.07) is 8.80. The van der Waals surface area contributed by atoms with Crippen molar-refractivity contribution < 1.29 is 18.8 Å². The quantitative estimate of drug-likeness (QED) is 0.903. The summed E-state index contributed by atoms with van der Waals surface area (Å²) >= 11 is 0. The highest BCUT2D eigenvalue weighted by molar-refractivity contribution is 7.86. The Morgan fingerprint density at radius 3 is 2.44 bits per heavy atom. The van der Waals surface area contributed by atoms with Gasteiger partial charge in [-0.15, -0.1) is 0 Å². The van der Waals surface area contributed by atoms with Crippen molar-refractivity contribution in [3.05, 3.63) is 35.9 Å². The van der Waals surface area contributed by atoms with Crippen molar-refractivity contribution in [1.82, 2.24) is 0 Å². The first kappa shape index (κ1) is 13.2. The van der Waals surface area contributed by atoms with E-state index in [1.807, 2.05) is 6.07 Å². The maximum Gasteiger partial charge on any atom is 0.323 e. The summed E-state index contributed by atoms with van der Waals surface area (Å²) in [5, 5.41) is 8.28. The summed E-state index contributed by atoms with van der Waals surface area (Å²) in [5.41, 5.74) is 0.606. The minimum Gasteiger partial charge on any atom is -0.480 e. The molecular weight excluding hydrogens is 252 g/mol. The van der Waals surface area contributed by atoms with E-state index in [2.05, 4.69) is 0 Å². The van der Waals surface area contributed by atoms with Crippen LogP contribution in [0.25, 0.3) is 0 Å². The van der Waals surface area contributed by atoms with E-state index in [0.717, 1.165) is 0 Å². The third kappa shape index (κ3) is 2.97. The van der Waals surface area contributed by atoms with Crippen molar-refractivity contribution in [2.75, 3.05) is 13.2 Å². The zero-order valence-corrected chi connectivity index (χ0v) is 10.8. The molecule has 0 radical (unpaired) electrons. The van der Waals surface area contributed by atoms with Crippen molar-refractivity contribution in [3.8, 4) is 0 Å². The van der Waals surface area contributed by atoms with E-state index in [9.17, 15) is 14.1 Å². The molecule has 5 heteroatoms. The topological polar surface area (TPSA) is 63.6 Å². The van der Waals surface area contributed by atoms with Gasteiger partial charge < -0.3 is 9.84 Å². The van der Waals surface area contributed by atoms with Crippen LogP contribution in [0.2, 0.25) is 0 Å². The molecule has 1 aliphatic rings. The van der Waals surface area contributed by atoms with Crippen LogP contribution in [-0.2, 0) is 20.3 Å². The van der Waals surface area contributed by atoms with Gasteiger partial charge in [0.25, 0.3) is 0 Å². The lowest BCUT2D eigenvalue weighted by molar-refractivity contribution is -0.136. The minimum absolute atomic E-state index is 0.0833. The smallest absolute Gasteiger partial charge is 0.323 e. The predicted molar refractivity (Wildman–Crippen MR) is 68.8 cm³/mol. The molecule has 1 aliphatic heterocycles. The molecule has 1 fully saturated rings. The molecule has 1 N–H and O–H groups in total. The van der Waals surface area contributed by atoms with Crippen LogP contribution < -0.4 is 0 Å².